The molecule has 5 heteroatoms. The van der Waals surface area contributed by atoms with Crippen LogP contribution in [0.5, 0.6) is 0 Å². The highest BCUT2D eigenvalue weighted by molar-refractivity contribution is 5.90. The molecular formula is C19H17N2O3+. The first-order valence-electron chi connectivity index (χ1n) is 7.97. The van der Waals surface area contributed by atoms with Crippen molar-refractivity contribution in [3.05, 3.63) is 75.8 Å². The summed E-state index contributed by atoms with van der Waals surface area (Å²) in [6.07, 6.45) is 0.729. The van der Waals surface area contributed by atoms with Gasteiger partial charge in [-0.15, -0.1) is 0 Å². The van der Waals surface area contributed by atoms with Crippen LogP contribution in [0, 0.1) is 4.91 Å². The molecule has 2 aromatic carbocycles. The topological polar surface area (TPSA) is 62.3 Å². The Bertz CT molecular complexity index is 972. The smallest absolute Gasteiger partial charge is 0.336 e. The zero-order valence-corrected chi connectivity index (χ0v) is 13.1. The molecule has 0 aliphatic carbocycles. The molecule has 5 nitrogen and oxygen atoms in total. The average molecular weight is 321 g/mol. The summed E-state index contributed by atoms with van der Waals surface area (Å²) in [5.41, 5.74) is 4.32. The van der Waals surface area contributed by atoms with Crippen LogP contribution in [0.15, 0.2) is 48.5 Å². The summed E-state index contributed by atoms with van der Waals surface area (Å²) in [6.45, 7) is 1.30. The Morgan fingerprint density at radius 2 is 1.88 bits per heavy atom. The van der Waals surface area contributed by atoms with Gasteiger partial charge in [0.15, 0.2) is 6.54 Å². The number of hydrogen-bond donors (Lipinski definition) is 1. The van der Waals surface area contributed by atoms with Gasteiger partial charge in [-0.2, -0.15) is 0 Å². The number of carboxylic acid groups (broad SMARTS) is 1. The molecule has 0 atom stereocenters. The monoisotopic (exact) mass is 321 g/mol. The number of aromatic nitrogens is 1. The number of hydrogen-bond acceptors (Lipinski definition) is 2. The van der Waals surface area contributed by atoms with Gasteiger partial charge in [0.25, 0.3) is 0 Å². The van der Waals surface area contributed by atoms with Gasteiger partial charge in [0.1, 0.15) is 0 Å². The summed E-state index contributed by atoms with van der Waals surface area (Å²) < 4.78 is 3.16. The van der Waals surface area contributed by atoms with Gasteiger partial charge in [0, 0.05) is 33.5 Å². The first kappa shape index (κ1) is 14.6. The molecule has 1 aromatic heterocycles. The van der Waals surface area contributed by atoms with Crippen molar-refractivity contribution in [3.8, 4) is 0 Å². The SMILES string of the molecule is O=C(O)c1ccccc1Cn1c2c(c3ccccc31)CC[N+](=O)C2. The molecule has 2 heterocycles. The van der Waals surface area contributed by atoms with E-state index in [0.717, 1.165) is 33.3 Å². The van der Waals surface area contributed by atoms with Gasteiger partial charge in [0.2, 0.25) is 6.54 Å². The Labute approximate surface area is 138 Å². The molecule has 1 aliphatic rings. The number of para-hydroxylation sites is 1. The van der Waals surface area contributed by atoms with E-state index in [0.29, 0.717) is 25.2 Å². The number of benzene rings is 2. The molecule has 120 valence electrons. The highest BCUT2D eigenvalue weighted by Crippen LogP contribution is 2.30. The van der Waals surface area contributed by atoms with E-state index in [9.17, 15) is 14.8 Å². The molecule has 0 saturated heterocycles. The van der Waals surface area contributed by atoms with E-state index in [1.54, 1.807) is 12.1 Å². The fraction of sp³-hybridized carbons (Fsp3) is 0.211. The van der Waals surface area contributed by atoms with Crippen LogP contribution in [0.1, 0.15) is 27.2 Å². The van der Waals surface area contributed by atoms with E-state index in [2.05, 4.69) is 10.6 Å². The third-order valence-corrected chi connectivity index (χ3v) is 4.71. The molecule has 0 amide bonds. The Morgan fingerprint density at radius 3 is 2.71 bits per heavy atom. The molecule has 0 bridgehead atoms. The Kier molecular flexibility index (Phi) is 3.41. The maximum atomic E-state index is 11.9. The summed E-state index contributed by atoms with van der Waals surface area (Å²) in [6, 6.07) is 15.1. The second-order valence-corrected chi connectivity index (χ2v) is 6.10. The van der Waals surface area contributed by atoms with Crippen LogP contribution < -0.4 is 0 Å². The number of nitroso groups, excluding NO2 is 1. The molecule has 0 radical (unpaired) electrons. The van der Waals surface area contributed by atoms with Crippen LogP contribution in [-0.2, 0) is 19.5 Å². The van der Waals surface area contributed by atoms with E-state index >= 15 is 0 Å². The van der Waals surface area contributed by atoms with Gasteiger partial charge < -0.3 is 9.67 Å². The summed E-state index contributed by atoms with van der Waals surface area (Å²) in [4.78, 5) is 23.4. The van der Waals surface area contributed by atoms with E-state index < -0.39 is 5.97 Å². The molecule has 3 aromatic rings. The number of nitrogens with zero attached hydrogens (tertiary/aromatic N) is 2. The molecule has 4 rings (SSSR count). The maximum absolute atomic E-state index is 11.9. The molecule has 1 aliphatic heterocycles. The predicted octanol–water partition coefficient (Wildman–Crippen LogP) is 3.22. The Morgan fingerprint density at radius 1 is 1.12 bits per heavy atom. The lowest BCUT2D eigenvalue weighted by Gasteiger charge is -2.13. The van der Waals surface area contributed by atoms with E-state index in [4.69, 9.17) is 0 Å². The maximum Gasteiger partial charge on any atom is 0.336 e. The van der Waals surface area contributed by atoms with E-state index in [1.807, 2.05) is 30.3 Å². The Hall–Kier alpha value is -2.95. The lowest BCUT2D eigenvalue weighted by Crippen LogP contribution is -2.22. The summed E-state index contributed by atoms with van der Waals surface area (Å²) in [5, 5.41) is 10.6. The van der Waals surface area contributed by atoms with Crippen molar-refractivity contribution in [1.82, 2.24) is 4.57 Å². The fourth-order valence-corrected chi connectivity index (χ4v) is 3.59. The zero-order valence-electron chi connectivity index (χ0n) is 13.1. The number of carbonyl (C=O) groups is 1. The van der Waals surface area contributed by atoms with Crippen molar-refractivity contribution in [2.75, 3.05) is 6.54 Å². The van der Waals surface area contributed by atoms with Crippen molar-refractivity contribution in [3.63, 3.8) is 0 Å². The molecule has 0 unspecified atom stereocenters. The summed E-state index contributed by atoms with van der Waals surface area (Å²) >= 11 is 0. The van der Waals surface area contributed by atoms with Gasteiger partial charge in [0.05, 0.1) is 11.3 Å². The standard InChI is InChI=1S/C19H16N2O3/c22-19(23)14-6-2-1-5-13(14)11-21-17-8-4-3-7-15(17)16-9-10-20(24)12-18(16)21/h1-8H,9-12H2/p+1. The third-order valence-electron chi connectivity index (χ3n) is 4.71. The van der Waals surface area contributed by atoms with E-state index in [1.165, 1.54) is 5.56 Å². The van der Waals surface area contributed by atoms with E-state index in [-0.39, 0.29) is 0 Å². The summed E-state index contributed by atoms with van der Waals surface area (Å²) in [5.74, 6) is -0.929. The largest absolute Gasteiger partial charge is 0.478 e. The normalized spacial score (nSPS) is 13.9. The van der Waals surface area contributed by atoms with Crippen LogP contribution >= 0.6 is 0 Å². The minimum absolute atomic E-state index is 0.304. The number of rotatable bonds is 3. The van der Waals surface area contributed by atoms with Gasteiger partial charge in [-0.1, -0.05) is 36.4 Å². The van der Waals surface area contributed by atoms with Gasteiger partial charge in [-0.05, 0) is 23.3 Å². The lowest BCUT2D eigenvalue weighted by molar-refractivity contribution is -0.568. The predicted molar refractivity (Wildman–Crippen MR) is 90.3 cm³/mol. The average Bonchev–Trinajstić information content (AvgIpc) is 2.89. The first-order valence-corrected chi connectivity index (χ1v) is 7.97. The third kappa shape index (κ3) is 2.29. The van der Waals surface area contributed by atoms with Crippen LogP contribution in [0.2, 0.25) is 0 Å². The van der Waals surface area contributed by atoms with Crippen molar-refractivity contribution < 1.29 is 14.7 Å². The lowest BCUT2D eigenvalue weighted by atomic mass is 10.0. The highest BCUT2D eigenvalue weighted by Gasteiger charge is 2.28. The van der Waals surface area contributed by atoms with Gasteiger partial charge in [-0.3, -0.25) is 0 Å². The van der Waals surface area contributed by atoms with Gasteiger partial charge >= 0.3 is 5.97 Å². The zero-order chi connectivity index (χ0) is 16.7. The number of carboxylic acids is 1. The molecule has 24 heavy (non-hydrogen) atoms. The van der Waals surface area contributed by atoms with Crippen LogP contribution in [0.3, 0.4) is 0 Å². The van der Waals surface area contributed by atoms with Gasteiger partial charge in [-0.25, -0.2) is 4.79 Å². The molecule has 0 saturated carbocycles. The fourth-order valence-electron chi connectivity index (χ4n) is 3.59. The minimum Gasteiger partial charge on any atom is -0.478 e. The minimum atomic E-state index is -0.929. The molecular weight excluding hydrogens is 304 g/mol. The van der Waals surface area contributed by atoms with Crippen molar-refractivity contribution in [1.29, 1.82) is 0 Å². The second kappa shape index (κ2) is 5.60. The quantitative estimate of drug-likeness (QED) is 0.753. The number of fused-ring (bicyclic) bond motifs is 3. The van der Waals surface area contributed by atoms with Crippen LogP contribution in [0.25, 0.3) is 10.9 Å². The second-order valence-electron chi connectivity index (χ2n) is 6.10. The summed E-state index contributed by atoms with van der Waals surface area (Å²) in [7, 11) is 0. The first-order chi connectivity index (χ1) is 11.6. The molecule has 0 spiro atoms. The van der Waals surface area contributed by atoms with Crippen molar-refractivity contribution >= 4 is 16.9 Å². The number of aromatic carboxylic acids is 1. The highest BCUT2D eigenvalue weighted by atomic mass is 16.4. The van der Waals surface area contributed by atoms with Crippen LogP contribution in [0.4, 0.5) is 0 Å². The van der Waals surface area contributed by atoms with Crippen molar-refractivity contribution in [2.45, 2.75) is 19.5 Å². The molecule has 0 fully saturated rings. The Balaban J connectivity index is 1.90. The van der Waals surface area contributed by atoms with Crippen LogP contribution in [-0.4, -0.2) is 26.9 Å². The van der Waals surface area contributed by atoms with Crippen molar-refractivity contribution in [2.24, 2.45) is 0 Å². The molecule has 1 N–H and O–H groups in total.